The van der Waals surface area contributed by atoms with Crippen molar-refractivity contribution in [2.45, 2.75) is 6.92 Å². The van der Waals surface area contributed by atoms with Gasteiger partial charge < -0.3 is 24.8 Å². The second-order valence-electron chi connectivity index (χ2n) is 6.66. The zero-order valence-electron chi connectivity index (χ0n) is 16.5. The van der Waals surface area contributed by atoms with E-state index in [1.165, 1.54) is 20.3 Å². The monoisotopic (exact) mass is 382 g/mol. The van der Waals surface area contributed by atoms with Gasteiger partial charge in [0.15, 0.2) is 5.78 Å². The Labute approximate surface area is 165 Å². The Morgan fingerprint density at radius 2 is 1.86 bits per heavy atom. The lowest BCUT2D eigenvalue weighted by molar-refractivity contribution is 0.104. The molecule has 0 spiro atoms. The average molecular weight is 382 g/mol. The highest BCUT2D eigenvalue weighted by Crippen LogP contribution is 2.38. The lowest BCUT2D eigenvalue weighted by Crippen LogP contribution is -2.43. The van der Waals surface area contributed by atoms with Crippen molar-refractivity contribution in [3.8, 4) is 17.2 Å². The van der Waals surface area contributed by atoms with E-state index < -0.39 is 0 Å². The molecule has 6 heteroatoms. The molecule has 0 saturated carbocycles. The molecule has 2 N–H and O–H groups in total. The Bertz CT molecular complexity index is 886. The number of rotatable bonds is 6. The first-order valence-electron chi connectivity index (χ1n) is 9.28. The number of carbonyl (C=O) groups is 1. The van der Waals surface area contributed by atoms with E-state index in [9.17, 15) is 9.90 Å². The molecule has 1 aliphatic rings. The summed E-state index contributed by atoms with van der Waals surface area (Å²) in [5.74, 6) is 0.302. The van der Waals surface area contributed by atoms with Crippen molar-refractivity contribution in [3.63, 3.8) is 0 Å². The number of aromatic hydroxyl groups is 1. The van der Waals surface area contributed by atoms with Gasteiger partial charge in [-0.05, 0) is 30.7 Å². The highest BCUT2D eigenvalue weighted by atomic mass is 16.5. The fourth-order valence-corrected chi connectivity index (χ4v) is 3.33. The van der Waals surface area contributed by atoms with Gasteiger partial charge in [-0.1, -0.05) is 18.2 Å². The molecule has 0 amide bonds. The van der Waals surface area contributed by atoms with Gasteiger partial charge in [0.2, 0.25) is 0 Å². The largest absolute Gasteiger partial charge is 0.507 e. The number of nitrogens with zero attached hydrogens (tertiary/aromatic N) is 1. The first-order valence-corrected chi connectivity index (χ1v) is 9.28. The minimum absolute atomic E-state index is 0.125. The number of hydrogen-bond acceptors (Lipinski definition) is 6. The van der Waals surface area contributed by atoms with Crippen molar-refractivity contribution in [3.05, 3.63) is 53.1 Å². The number of benzene rings is 2. The molecule has 2 aromatic carbocycles. The molecule has 1 aliphatic heterocycles. The maximum atomic E-state index is 12.8. The second-order valence-corrected chi connectivity index (χ2v) is 6.66. The molecular formula is C22H26N2O4. The average Bonchev–Trinajstić information content (AvgIpc) is 2.74. The molecule has 0 aromatic heterocycles. The number of phenols is 1. The summed E-state index contributed by atoms with van der Waals surface area (Å²) in [6, 6.07) is 9.68. The Balaban J connectivity index is 1.85. The number of methoxy groups -OCH3 is 2. The van der Waals surface area contributed by atoms with E-state index in [2.05, 4.69) is 22.3 Å². The molecule has 0 unspecified atom stereocenters. The van der Waals surface area contributed by atoms with Gasteiger partial charge in [0.05, 0.1) is 14.2 Å². The van der Waals surface area contributed by atoms with E-state index in [0.29, 0.717) is 11.3 Å². The Hall–Kier alpha value is -2.99. The van der Waals surface area contributed by atoms with Crippen LogP contribution in [-0.4, -0.2) is 51.3 Å². The van der Waals surface area contributed by atoms with E-state index in [4.69, 9.17) is 9.47 Å². The summed E-state index contributed by atoms with van der Waals surface area (Å²) in [7, 11) is 2.97. The molecule has 0 bridgehead atoms. The van der Waals surface area contributed by atoms with Gasteiger partial charge >= 0.3 is 0 Å². The highest BCUT2D eigenvalue weighted by molar-refractivity contribution is 6.11. The number of piperazine rings is 1. The molecule has 148 valence electrons. The van der Waals surface area contributed by atoms with Gasteiger partial charge in [0.1, 0.15) is 22.8 Å². The molecule has 28 heavy (non-hydrogen) atoms. The predicted molar refractivity (Wildman–Crippen MR) is 111 cm³/mol. The van der Waals surface area contributed by atoms with E-state index in [-0.39, 0.29) is 22.8 Å². The number of allylic oxidation sites excluding steroid dienone is 1. The Kier molecular flexibility index (Phi) is 6.21. The highest BCUT2D eigenvalue weighted by Gasteiger charge is 2.20. The van der Waals surface area contributed by atoms with Gasteiger partial charge in [0, 0.05) is 43.5 Å². The van der Waals surface area contributed by atoms with Crippen LogP contribution in [0.1, 0.15) is 21.5 Å². The van der Waals surface area contributed by atoms with Crippen LogP contribution in [0.2, 0.25) is 0 Å². The Morgan fingerprint density at radius 3 is 2.54 bits per heavy atom. The van der Waals surface area contributed by atoms with E-state index in [1.54, 1.807) is 19.1 Å². The molecule has 1 saturated heterocycles. The third-order valence-corrected chi connectivity index (χ3v) is 4.94. The minimum atomic E-state index is -0.326. The third kappa shape index (κ3) is 4.12. The van der Waals surface area contributed by atoms with Crippen LogP contribution >= 0.6 is 0 Å². The second kappa shape index (κ2) is 8.80. The maximum absolute atomic E-state index is 12.8. The van der Waals surface area contributed by atoms with Crippen molar-refractivity contribution < 1.29 is 19.4 Å². The first-order chi connectivity index (χ1) is 13.5. The van der Waals surface area contributed by atoms with Crippen molar-refractivity contribution >= 4 is 17.5 Å². The van der Waals surface area contributed by atoms with Crippen LogP contribution in [0, 0.1) is 6.92 Å². The number of hydrogen-bond donors (Lipinski definition) is 2. The third-order valence-electron chi connectivity index (χ3n) is 4.94. The summed E-state index contributed by atoms with van der Waals surface area (Å²) in [6.07, 6.45) is 3.22. The quantitative estimate of drug-likeness (QED) is 0.591. The first kappa shape index (κ1) is 19.8. The molecule has 0 radical (unpaired) electrons. The van der Waals surface area contributed by atoms with Gasteiger partial charge in [-0.25, -0.2) is 0 Å². The van der Waals surface area contributed by atoms with Gasteiger partial charge in [-0.3, -0.25) is 4.79 Å². The number of nitrogens with one attached hydrogen (secondary N) is 1. The van der Waals surface area contributed by atoms with Crippen molar-refractivity contribution in [1.29, 1.82) is 0 Å². The summed E-state index contributed by atoms with van der Waals surface area (Å²) in [5, 5.41) is 13.8. The smallest absolute Gasteiger partial charge is 0.193 e. The van der Waals surface area contributed by atoms with Crippen LogP contribution in [0.5, 0.6) is 17.2 Å². The number of phenolic OH excluding ortho intramolecular Hbond substituents is 1. The van der Waals surface area contributed by atoms with Gasteiger partial charge in [-0.2, -0.15) is 0 Å². The predicted octanol–water partition coefficient (Wildman–Crippen LogP) is 3.02. The van der Waals surface area contributed by atoms with Crippen molar-refractivity contribution in [2.75, 3.05) is 45.3 Å². The van der Waals surface area contributed by atoms with Crippen LogP contribution < -0.4 is 19.7 Å². The fourth-order valence-electron chi connectivity index (χ4n) is 3.33. The summed E-state index contributed by atoms with van der Waals surface area (Å²) < 4.78 is 10.5. The molecule has 2 aromatic rings. The SMILES string of the molecule is COc1cc(OC)c(C(=O)/C=C/c2cccc(N3CCNCC3)c2)c(O)c1C. The van der Waals surface area contributed by atoms with Crippen molar-refractivity contribution in [2.24, 2.45) is 0 Å². The number of carbonyl (C=O) groups excluding carboxylic acids is 1. The zero-order valence-corrected chi connectivity index (χ0v) is 16.5. The lowest BCUT2D eigenvalue weighted by atomic mass is 10.0. The summed E-state index contributed by atoms with van der Waals surface area (Å²) >= 11 is 0. The minimum Gasteiger partial charge on any atom is -0.507 e. The van der Waals surface area contributed by atoms with Crippen LogP contribution in [0.3, 0.4) is 0 Å². The molecule has 1 fully saturated rings. The van der Waals surface area contributed by atoms with Crippen LogP contribution in [0.15, 0.2) is 36.4 Å². The molecular weight excluding hydrogens is 356 g/mol. The molecule has 1 heterocycles. The van der Waals surface area contributed by atoms with Crippen LogP contribution in [0.25, 0.3) is 6.08 Å². The standard InChI is InChI=1S/C22H26N2O4/c1-15-19(27-2)14-20(28-3)21(22(15)26)18(25)8-7-16-5-4-6-17(13-16)24-11-9-23-10-12-24/h4-8,13-14,23,26H,9-12H2,1-3H3/b8-7+. The number of ether oxygens (including phenoxy) is 2. The van der Waals surface area contributed by atoms with Gasteiger partial charge in [-0.15, -0.1) is 0 Å². The molecule has 0 aliphatic carbocycles. The summed E-state index contributed by atoms with van der Waals surface area (Å²) in [4.78, 5) is 15.1. The zero-order chi connectivity index (χ0) is 20.1. The van der Waals surface area contributed by atoms with Crippen LogP contribution in [0.4, 0.5) is 5.69 Å². The van der Waals surface area contributed by atoms with Gasteiger partial charge in [0.25, 0.3) is 0 Å². The summed E-state index contributed by atoms with van der Waals surface area (Å²) in [5.41, 5.74) is 2.70. The molecule has 3 rings (SSSR count). The van der Waals surface area contributed by atoms with E-state index in [1.807, 2.05) is 12.1 Å². The number of anilines is 1. The topological polar surface area (TPSA) is 71.0 Å². The Morgan fingerprint density at radius 1 is 1.14 bits per heavy atom. The molecule has 0 atom stereocenters. The fraction of sp³-hybridized carbons (Fsp3) is 0.318. The maximum Gasteiger partial charge on any atom is 0.193 e. The van der Waals surface area contributed by atoms with Crippen LogP contribution in [-0.2, 0) is 0 Å². The summed E-state index contributed by atoms with van der Waals surface area (Å²) in [6.45, 7) is 5.55. The normalized spacial score (nSPS) is 14.3. The van der Waals surface area contributed by atoms with E-state index >= 15 is 0 Å². The molecule has 6 nitrogen and oxygen atoms in total. The van der Waals surface area contributed by atoms with E-state index in [0.717, 1.165) is 37.4 Å². The van der Waals surface area contributed by atoms with Crippen molar-refractivity contribution in [1.82, 2.24) is 5.32 Å². The number of ketones is 1. The lowest BCUT2D eigenvalue weighted by Gasteiger charge is -2.29.